The van der Waals surface area contributed by atoms with Crippen LogP contribution in [0.15, 0.2) is 23.1 Å². The Morgan fingerprint density at radius 3 is 2.40 bits per heavy atom. The van der Waals surface area contributed by atoms with Gasteiger partial charge in [0.25, 0.3) is 0 Å². The molecule has 1 aliphatic heterocycles. The van der Waals surface area contributed by atoms with Crippen molar-refractivity contribution in [2.45, 2.75) is 51.5 Å². The topological polar surface area (TPSA) is 69.7 Å². The molecule has 0 spiro atoms. The highest BCUT2D eigenvalue weighted by molar-refractivity contribution is 7.89. The average molecular weight is 368 g/mol. The lowest BCUT2D eigenvalue weighted by Crippen LogP contribution is -2.49. The molecule has 0 atom stereocenters. The second kappa shape index (κ2) is 7.33. The SMILES string of the molecule is Cc1ccc(C)c(S(=O)(=O)N2CCCN(C(=O)NC(C)(C)C)CC2)c1. The Hall–Kier alpha value is -1.60. The molecule has 0 radical (unpaired) electrons. The first-order valence-electron chi connectivity index (χ1n) is 8.65. The van der Waals surface area contributed by atoms with E-state index in [2.05, 4.69) is 5.32 Å². The Morgan fingerprint density at radius 1 is 1.08 bits per heavy atom. The molecule has 1 heterocycles. The highest BCUT2D eigenvalue weighted by Crippen LogP contribution is 2.22. The summed E-state index contributed by atoms with van der Waals surface area (Å²) in [5.41, 5.74) is 1.36. The van der Waals surface area contributed by atoms with Crippen LogP contribution in [0.25, 0.3) is 0 Å². The Bertz CT molecular complexity index is 738. The first-order valence-corrected chi connectivity index (χ1v) is 10.1. The maximum absolute atomic E-state index is 13.0. The fourth-order valence-corrected chi connectivity index (χ4v) is 4.64. The van der Waals surface area contributed by atoms with Crippen LogP contribution in [-0.2, 0) is 10.0 Å². The first kappa shape index (κ1) is 19.7. The first-order chi connectivity index (χ1) is 11.5. The molecule has 1 N–H and O–H groups in total. The van der Waals surface area contributed by atoms with Crippen LogP contribution in [-0.4, -0.2) is 55.4 Å². The minimum Gasteiger partial charge on any atom is -0.333 e. The second-order valence-electron chi connectivity index (χ2n) is 7.69. The van der Waals surface area contributed by atoms with Crippen molar-refractivity contribution in [2.75, 3.05) is 26.2 Å². The van der Waals surface area contributed by atoms with Crippen molar-refractivity contribution >= 4 is 16.1 Å². The van der Waals surface area contributed by atoms with Gasteiger partial charge in [-0.25, -0.2) is 13.2 Å². The molecule has 1 aromatic rings. The number of carbonyl (C=O) groups excluding carboxylic acids is 1. The number of carbonyl (C=O) groups is 1. The summed E-state index contributed by atoms with van der Waals surface area (Å²) in [5.74, 6) is 0. The smallest absolute Gasteiger partial charge is 0.317 e. The summed E-state index contributed by atoms with van der Waals surface area (Å²) in [6, 6.07) is 5.33. The summed E-state index contributed by atoms with van der Waals surface area (Å²) in [4.78, 5) is 14.4. The molecule has 1 aliphatic rings. The van der Waals surface area contributed by atoms with Crippen molar-refractivity contribution in [3.8, 4) is 0 Å². The van der Waals surface area contributed by atoms with Crippen LogP contribution in [0.5, 0.6) is 0 Å². The lowest BCUT2D eigenvalue weighted by molar-refractivity contribution is 0.191. The molecule has 7 heteroatoms. The Labute approximate surface area is 151 Å². The number of hydrogen-bond acceptors (Lipinski definition) is 3. The number of nitrogens with zero attached hydrogens (tertiary/aromatic N) is 2. The lowest BCUT2D eigenvalue weighted by Gasteiger charge is -2.27. The third-order valence-electron chi connectivity index (χ3n) is 4.19. The van der Waals surface area contributed by atoms with Gasteiger partial charge in [0.15, 0.2) is 0 Å². The van der Waals surface area contributed by atoms with E-state index in [1.165, 1.54) is 4.31 Å². The molecular formula is C18H29N3O3S. The van der Waals surface area contributed by atoms with Crippen LogP contribution in [0, 0.1) is 13.8 Å². The monoisotopic (exact) mass is 367 g/mol. The summed E-state index contributed by atoms with van der Waals surface area (Å²) in [6.07, 6.45) is 0.627. The van der Waals surface area contributed by atoms with E-state index < -0.39 is 10.0 Å². The van der Waals surface area contributed by atoms with E-state index in [4.69, 9.17) is 0 Å². The van der Waals surface area contributed by atoms with Crippen LogP contribution in [0.4, 0.5) is 4.79 Å². The quantitative estimate of drug-likeness (QED) is 0.873. The molecule has 140 valence electrons. The fraction of sp³-hybridized carbons (Fsp3) is 0.611. The fourth-order valence-electron chi connectivity index (χ4n) is 2.86. The molecule has 2 amide bonds. The van der Waals surface area contributed by atoms with Gasteiger partial charge in [-0.05, 0) is 58.2 Å². The Balaban J connectivity index is 2.15. The van der Waals surface area contributed by atoms with E-state index in [-0.39, 0.29) is 11.6 Å². The number of nitrogens with one attached hydrogen (secondary N) is 1. The van der Waals surface area contributed by atoms with E-state index in [0.717, 1.165) is 11.1 Å². The molecule has 25 heavy (non-hydrogen) atoms. The van der Waals surface area contributed by atoms with Gasteiger partial charge in [-0.15, -0.1) is 0 Å². The molecule has 0 unspecified atom stereocenters. The second-order valence-corrected chi connectivity index (χ2v) is 9.60. The van der Waals surface area contributed by atoms with Gasteiger partial charge >= 0.3 is 6.03 Å². The summed E-state index contributed by atoms with van der Waals surface area (Å²) in [6.45, 7) is 11.2. The molecular weight excluding hydrogens is 338 g/mol. The number of urea groups is 1. The largest absolute Gasteiger partial charge is 0.333 e. The van der Waals surface area contributed by atoms with Crippen LogP contribution in [0.3, 0.4) is 0 Å². The van der Waals surface area contributed by atoms with Gasteiger partial charge in [0.2, 0.25) is 10.0 Å². The van der Waals surface area contributed by atoms with E-state index in [1.54, 1.807) is 11.0 Å². The van der Waals surface area contributed by atoms with Crippen molar-refractivity contribution in [1.29, 1.82) is 0 Å². The summed E-state index contributed by atoms with van der Waals surface area (Å²) in [5, 5.41) is 2.94. The molecule has 1 aromatic carbocycles. The molecule has 0 saturated carbocycles. The molecule has 0 aliphatic carbocycles. The van der Waals surface area contributed by atoms with Crippen molar-refractivity contribution < 1.29 is 13.2 Å². The van der Waals surface area contributed by atoms with E-state index in [0.29, 0.717) is 37.5 Å². The van der Waals surface area contributed by atoms with Crippen molar-refractivity contribution in [2.24, 2.45) is 0 Å². The number of benzene rings is 1. The number of rotatable bonds is 2. The molecule has 1 fully saturated rings. The highest BCUT2D eigenvalue weighted by atomic mass is 32.2. The van der Waals surface area contributed by atoms with Gasteiger partial charge in [0.1, 0.15) is 0 Å². The van der Waals surface area contributed by atoms with Gasteiger partial charge < -0.3 is 10.2 Å². The predicted molar refractivity (Wildman–Crippen MR) is 99.1 cm³/mol. The zero-order valence-corrected chi connectivity index (χ0v) is 16.6. The number of amides is 2. The number of hydrogen-bond donors (Lipinski definition) is 1. The van der Waals surface area contributed by atoms with Gasteiger partial charge in [-0.1, -0.05) is 12.1 Å². The standard InChI is InChI=1S/C18H29N3O3S/c1-14-7-8-15(2)16(13-14)25(23,24)21-10-6-9-20(11-12-21)17(22)19-18(3,4)5/h7-8,13H,6,9-12H2,1-5H3,(H,19,22). The Morgan fingerprint density at radius 2 is 1.76 bits per heavy atom. The van der Waals surface area contributed by atoms with Crippen molar-refractivity contribution in [3.63, 3.8) is 0 Å². The van der Waals surface area contributed by atoms with Gasteiger partial charge in [0.05, 0.1) is 4.90 Å². The van der Waals surface area contributed by atoms with Gasteiger partial charge in [0, 0.05) is 31.7 Å². The van der Waals surface area contributed by atoms with E-state index >= 15 is 0 Å². The Kier molecular flexibility index (Phi) is 5.79. The van der Waals surface area contributed by atoms with Gasteiger partial charge in [-0.3, -0.25) is 0 Å². The number of sulfonamides is 1. The summed E-state index contributed by atoms with van der Waals surface area (Å²) in [7, 11) is -3.55. The van der Waals surface area contributed by atoms with Crippen molar-refractivity contribution in [1.82, 2.24) is 14.5 Å². The van der Waals surface area contributed by atoms with Gasteiger partial charge in [-0.2, -0.15) is 4.31 Å². The predicted octanol–water partition coefficient (Wildman–Crippen LogP) is 2.51. The molecule has 0 aromatic heterocycles. The summed E-state index contributed by atoms with van der Waals surface area (Å²) >= 11 is 0. The van der Waals surface area contributed by atoms with E-state index in [1.807, 2.05) is 46.8 Å². The van der Waals surface area contributed by atoms with Crippen LogP contribution in [0.2, 0.25) is 0 Å². The molecule has 1 saturated heterocycles. The summed E-state index contributed by atoms with van der Waals surface area (Å²) < 4.78 is 27.5. The minimum atomic E-state index is -3.55. The molecule has 2 rings (SSSR count). The minimum absolute atomic E-state index is 0.140. The van der Waals surface area contributed by atoms with Crippen LogP contribution >= 0.6 is 0 Å². The maximum Gasteiger partial charge on any atom is 0.317 e. The highest BCUT2D eigenvalue weighted by Gasteiger charge is 2.30. The third-order valence-corrected chi connectivity index (χ3v) is 6.23. The third kappa shape index (κ3) is 4.95. The zero-order chi connectivity index (χ0) is 18.8. The normalized spacial score (nSPS) is 17.2. The maximum atomic E-state index is 13.0. The molecule has 0 bridgehead atoms. The molecule has 6 nitrogen and oxygen atoms in total. The number of aryl methyl sites for hydroxylation is 2. The van der Waals surface area contributed by atoms with E-state index in [9.17, 15) is 13.2 Å². The van der Waals surface area contributed by atoms with Crippen LogP contribution < -0.4 is 5.32 Å². The van der Waals surface area contributed by atoms with Crippen LogP contribution in [0.1, 0.15) is 38.3 Å². The lowest BCUT2D eigenvalue weighted by atomic mass is 10.1. The average Bonchev–Trinajstić information content (AvgIpc) is 2.74. The van der Waals surface area contributed by atoms with Crippen molar-refractivity contribution in [3.05, 3.63) is 29.3 Å². The zero-order valence-electron chi connectivity index (χ0n) is 15.8.